The van der Waals surface area contributed by atoms with E-state index in [2.05, 4.69) is 0 Å². The average Bonchev–Trinajstić information content (AvgIpc) is 2.82. The predicted octanol–water partition coefficient (Wildman–Crippen LogP) is 1.87. The normalized spacial score (nSPS) is 18.7. The summed E-state index contributed by atoms with van der Waals surface area (Å²) in [5.74, 6) is -3.11. The Balaban J connectivity index is 2.34. The number of carbonyl (C=O) groups excluding carboxylic acids is 1. The zero-order valence-corrected chi connectivity index (χ0v) is 10.8. The van der Waals surface area contributed by atoms with Gasteiger partial charge >= 0.3 is 5.97 Å². The summed E-state index contributed by atoms with van der Waals surface area (Å²) in [5.41, 5.74) is -0.156. The summed E-state index contributed by atoms with van der Waals surface area (Å²) in [6, 6.07) is 0.776. The van der Waals surface area contributed by atoms with Crippen LogP contribution in [0.15, 0.2) is 12.1 Å². The Morgan fingerprint density at radius 1 is 1.37 bits per heavy atom. The standard InChI is InChI=1S/C12H11F2NO3S/c1-6-2-7(9(14)3-8(6)13)11(16)15-5-19-4-10(15)12(17)18/h2-3,10H,4-5H2,1H3,(H,17,18)/t10-/m0/s1. The van der Waals surface area contributed by atoms with Gasteiger partial charge in [-0.05, 0) is 18.6 Å². The second kappa shape index (κ2) is 5.16. The maximum absolute atomic E-state index is 13.6. The van der Waals surface area contributed by atoms with Crippen molar-refractivity contribution in [3.8, 4) is 0 Å². The fourth-order valence-corrected chi connectivity index (χ4v) is 2.97. The number of halogens is 2. The van der Waals surface area contributed by atoms with Crippen molar-refractivity contribution >= 4 is 23.6 Å². The molecule has 0 saturated carbocycles. The molecule has 0 unspecified atom stereocenters. The highest BCUT2D eigenvalue weighted by atomic mass is 32.2. The topological polar surface area (TPSA) is 57.6 Å². The number of aliphatic carboxylic acids is 1. The summed E-state index contributed by atoms with van der Waals surface area (Å²) in [4.78, 5) is 24.2. The molecule has 102 valence electrons. The molecule has 0 bridgehead atoms. The highest BCUT2D eigenvalue weighted by molar-refractivity contribution is 7.99. The van der Waals surface area contributed by atoms with Crippen LogP contribution in [-0.4, -0.2) is 39.6 Å². The van der Waals surface area contributed by atoms with Crippen molar-refractivity contribution in [3.63, 3.8) is 0 Å². The van der Waals surface area contributed by atoms with Crippen molar-refractivity contribution in [2.45, 2.75) is 13.0 Å². The van der Waals surface area contributed by atoms with E-state index >= 15 is 0 Å². The minimum atomic E-state index is -1.13. The monoisotopic (exact) mass is 287 g/mol. The lowest BCUT2D eigenvalue weighted by Gasteiger charge is -2.21. The molecule has 2 rings (SSSR count). The maximum atomic E-state index is 13.6. The van der Waals surface area contributed by atoms with Gasteiger partial charge in [-0.2, -0.15) is 0 Å². The molecule has 4 nitrogen and oxygen atoms in total. The second-order valence-electron chi connectivity index (χ2n) is 4.21. The number of rotatable bonds is 2. The van der Waals surface area contributed by atoms with Crippen LogP contribution in [0.1, 0.15) is 15.9 Å². The number of carboxylic acid groups (broad SMARTS) is 1. The molecule has 1 fully saturated rings. The number of benzene rings is 1. The maximum Gasteiger partial charge on any atom is 0.327 e. The molecule has 1 aliphatic rings. The molecule has 1 aromatic rings. The first-order chi connectivity index (χ1) is 8.91. The first kappa shape index (κ1) is 13.8. The zero-order valence-electron chi connectivity index (χ0n) is 10.0. The molecule has 19 heavy (non-hydrogen) atoms. The van der Waals surface area contributed by atoms with Gasteiger partial charge in [-0.3, -0.25) is 4.79 Å². The fraction of sp³-hybridized carbons (Fsp3) is 0.333. The summed E-state index contributed by atoms with van der Waals surface area (Å²) in [7, 11) is 0. The van der Waals surface area contributed by atoms with Gasteiger partial charge in [-0.25, -0.2) is 13.6 Å². The lowest BCUT2D eigenvalue weighted by atomic mass is 10.1. The summed E-state index contributed by atoms with van der Waals surface area (Å²) < 4.78 is 26.8. The van der Waals surface area contributed by atoms with Gasteiger partial charge < -0.3 is 10.0 Å². The molecule has 1 aliphatic heterocycles. The van der Waals surface area contributed by atoms with Gasteiger partial charge in [0.1, 0.15) is 17.7 Å². The van der Waals surface area contributed by atoms with E-state index in [1.54, 1.807) is 0 Å². The summed E-state index contributed by atoms with van der Waals surface area (Å²) in [5, 5.41) is 8.99. The molecule has 1 amide bonds. The molecule has 0 aliphatic carbocycles. The Morgan fingerprint density at radius 3 is 2.68 bits per heavy atom. The molecule has 1 N–H and O–H groups in total. The zero-order chi connectivity index (χ0) is 14.2. The van der Waals surface area contributed by atoms with Crippen LogP contribution in [-0.2, 0) is 4.79 Å². The fourth-order valence-electron chi connectivity index (χ4n) is 1.82. The van der Waals surface area contributed by atoms with Crippen molar-refractivity contribution in [2.24, 2.45) is 0 Å². The van der Waals surface area contributed by atoms with Crippen LogP contribution in [0.3, 0.4) is 0 Å². The molecule has 1 aromatic carbocycles. The van der Waals surface area contributed by atoms with Crippen LogP contribution in [0, 0.1) is 18.6 Å². The van der Waals surface area contributed by atoms with Gasteiger partial charge in [-0.1, -0.05) is 0 Å². The van der Waals surface area contributed by atoms with E-state index in [1.165, 1.54) is 18.7 Å². The largest absolute Gasteiger partial charge is 0.480 e. The smallest absolute Gasteiger partial charge is 0.327 e. The molecular weight excluding hydrogens is 276 g/mol. The van der Waals surface area contributed by atoms with Gasteiger partial charge in [0.15, 0.2) is 0 Å². The molecule has 1 heterocycles. The van der Waals surface area contributed by atoms with E-state index in [4.69, 9.17) is 5.11 Å². The molecule has 1 saturated heterocycles. The van der Waals surface area contributed by atoms with E-state index in [9.17, 15) is 18.4 Å². The second-order valence-corrected chi connectivity index (χ2v) is 5.21. The molecular formula is C12H11F2NO3S. The molecule has 0 radical (unpaired) electrons. The Hall–Kier alpha value is -1.63. The van der Waals surface area contributed by atoms with Gasteiger partial charge in [0.2, 0.25) is 0 Å². The van der Waals surface area contributed by atoms with Crippen molar-refractivity contribution < 1.29 is 23.5 Å². The Kier molecular flexibility index (Phi) is 3.75. The van der Waals surface area contributed by atoms with Crippen molar-refractivity contribution in [2.75, 3.05) is 11.6 Å². The van der Waals surface area contributed by atoms with E-state index < -0.39 is 29.6 Å². The van der Waals surface area contributed by atoms with E-state index in [1.807, 2.05) is 0 Å². The van der Waals surface area contributed by atoms with E-state index in [0.29, 0.717) is 6.07 Å². The molecule has 1 atom stereocenters. The van der Waals surface area contributed by atoms with Crippen molar-refractivity contribution in [1.29, 1.82) is 0 Å². The summed E-state index contributed by atoms with van der Waals surface area (Å²) in [6.45, 7) is 1.42. The van der Waals surface area contributed by atoms with E-state index in [-0.39, 0.29) is 22.8 Å². The van der Waals surface area contributed by atoms with Crippen LogP contribution in [0.4, 0.5) is 8.78 Å². The van der Waals surface area contributed by atoms with Gasteiger partial charge in [-0.15, -0.1) is 11.8 Å². The van der Waals surface area contributed by atoms with Crippen LogP contribution in [0.25, 0.3) is 0 Å². The number of carbonyl (C=O) groups is 2. The van der Waals surface area contributed by atoms with Crippen molar-refractivity contribution in [1.82, 2.24) is 4.90 Å². The third-order valence-electron chi connectivity index (χ3n) is 2.91. The lowest BCUT2D eigenvalue weighted by Crippen LogP contribution is -2.42. The Bertz CT molecular complexity index is 550. The van der Waals surface area contributed by atoms with Crippen LogP contribution in [0.2, 0.25) is 0 Å². The number of thioether (sulfide) groups is 1. The predicted molar refractivity (Wildman–Crippen MR) is 66.0 cm³/mol. The van der Waals surface area contributed by atoms with E-state index in [0.717, 1.165) is 11.0 Å². The van der Waals surface area contributed by atoms with Gasteiger partial charge in [0, 0.05) is 11.8 Å². The third-order valence-corrected chi connectivity index (χ3v) is 3.92. The average molecular weight is 287 g/mol. The molecule has 0 aromatic heterocycles. The number of hydrogen-bond acceptors (Lipinski definition) is 3. The Labute approximate surface area is 112 Å². The number of nitrogens with zero attached hydrogens (tertiary/aromatic N) is 1. The van der Waals surface area contributed by atoms with Crippen LogP contribution >= 0.6 is 11.8 Å². The highest BCUT2D eigenvalue weighted by Crippen LogP contribution is 2.25. The molecule has 0 spiro atoms. The SMILES string of the molecule is Cc1cc(C(=O)N2CSC[C@H]2C(=O)O)c(F)cc1F. The van der Waals surface area contributed by atoms with Gasteiger partial charge in [0.25, 0.3) is 5.91 Å². The van der Waals surface area contributed by atoms with Crippen LogP contribution < -0.4 is 0 Å². The number of carboxylic acids is 1. The number of hydrogen-bond donors (Lipinski definition) is 1. The first-order valence-electron chi connectivity index (χ1n) is 5.49. The van der Waals surface area contributed by atoms with Crippen LogP contribution in [0.5, 0.6) is 0 Å². The summed E-state index contributed by atoms with van der Waals surface area (Å²) in [6.07, 6.45) is 0. The highest BCUT2D eigenvalue weighted by Gasteiger charge is 2.36. The summed E-state index contributed by atoms with van der Waals surface area (Å²) >= 11 is 1.28. The number of aryl methyl sites for hydroxylation is 1. The molecule has 7 heteroatoms. The first-order valence-corrected chi connectivity index (χ1v) is 6.64. The van der Waals surface area contributed by atoms with Crippen molar-refractivity contribution in [3.05, 3.63) is 34.9 Å². The van der Waals surface area contributed by atoms with Gasteiger partial charge in [0.05, 0.1) is 11.4 Å². The minimum absolute atomic E-state index is 0.142. The number of amides is 1. The minimum Gasteiger partial charge on any atom is -0.480 e. The third kappa shape index (κ3) is 2.56. The quantitative estimate of drug-likeness (QED) is 0.902. The lowest BCUT2D eigenvalue weighted by molar-refractivity contribution is -0.140. The Morgan fingerprint density at radius 2 is 2.05 bits per heavy atom.